The van der Waals surface area contributed by atoms with E-state index in [-0.39, 0.29) is 6.61 Å². The van der Waals surface area contributed by atoms with Crippen LogP contribution in [0.1, 0.15) is 19.3 Å². The number of rotatable bonds is 3. The van der Waals surface area contributed by atoms with Gasteiger partial charge in [-0.1, -0.05) is 0 Å². The summed E-state index contributed by atoms with van der Waals surface area (Å²) in [5.41, 5.74) is 0. The number of likely N-dealkylation sites (tertiary alicyclic amines) is 1. The number of methoxy groups -OCH3 is 1. The van der Waals surface area contributed by atoms with Crippen molar-refractivity contribution < 1.29 is 9.84 Å². The van der Waals surface area contributed by atoms with Gasteiger partial charge in [0.1, 0.15) is 0 Å². The van der Waals surface area contributed by atoms with Crippen LogP contribution in [0.5, 0.6) is 0 Å². The summed E-state index contributed by atoms with van der Waals surface area (Å²) < 4.78 is 5.31. The highest BCUT2D eigenvalue weighted by Crippen LogP contribution is 2.12. The van der Waals surface area contributed by atoms with Crippen LogP contribution in [0.3, 0.4) is 0 Å². The van der Waals surface area contributed by atoms with Crippen LogP contribution < -0.4 is 0 Å². The molecule has 3 heteroatoms. The average Bonchev–Trinajstić information content (AvgIpc) is 2.31. The highest BCUT2D eigenvalue weighted by molar-refractivity contribution is 4.69. The third-order valence-corrected chi connectivity index (χ3v) is 2.52. The molecule has 1 saturated heterocycles. The van der Waals surface area contributed by atoms with Gasteiger partial charge in [-0.25, -0.2) is 0 Å². The molecule has 72 valence electrons. The fourth-order valence-electron chi connectivity index (χ4n) is 1.73. The Morgan fingerprint density at radius 3 is 2.92 bits per heavy atom. The highest BCUT2D eigenvalue weighted by atomic mass is 16.5. The lowest BCUT2D eigenvalue weighted by Gasteiger charge is -2.18. The first-order valence-corrected chi connectivity index (χ1v) is 4.73. The molecule has 1 fully saturated rings. The van der Waals surface area contributed by atoms with Crippen LogP contribution in [-0.4, -0.2) is 49.5 Å². The second kappa shape index (κ2) is 5.51. The van der Waals surface area contributed by atoms with Crippen LogP contribution in [0.2, 0.25) is 0 Å². The molecule has 0 radical (unpaired) electrons. The Hall–Kier alpha value is -0.120. The van der Waals surface area contributed by atoms with Crippen LogP contribution in [0.4, 0.5) is 0 Å². The first kappa shape index (κ1) is 9.96. The molecule has 0 aromatic heterocycles. The van der Waals surface area contributed by atoms with Crippen molar-refractivity contribution in [1.29, 1.82) is 0 Å². The molecule has 1 rings (SSSR count). The quantitative estimate of drug-likeness (QED) is 0.674. The van der Waals surface area contributed by atoms with E-state index in [1.165, 1.54) is 12.8 Å². The second-order valence-corrected chi connectivity index (χ2v) is 3.35. The van der Waals surface area contributed by atoms with Gasteiger partial charge in [-0.3, -0.25) is 0 Å². The molecule has 1 heterocycles. The van der Waals surface area contributed by atoms with Gasteiger partial charge >= 0.3 is 0 Å². The molecule has 0 aliphatic carbocycles. The predicted octanol–water partition coefficient (Wildman–Crippen LogP) is 0.480. The summed E-state index contributed by atoms with van der Waals surface area (Å²) in [6, 6.07) is 0. The fraction of sp³-hybridized carbons (Fsp3) is 1.00. The minimum atomic E-state index is 0.275. The molecule has 0 aromatic rings. The first-order valence-electron chi connectivity index (χ1n) is 4.73. The fourth-order valence-corrected chi connectivity index (χ4v) is 1.73. The molecule has 0 amide bonds. The minimum absolute atomic E-state index is 0.275. The van der Waals surface area contributed by atoms with E-state index in [4.69, 9.17) is 9.84 Å². The van der Waals surface area contributed by atoms with Crippen molar-refractivity contribution >= 4 is 0 Å². The van der Waals surface area contributed by atoms with Crippen molar-refractivity contribution in [3.8, 4) is 0 Å². The first-order chi connectivity index (χ1) is 5.86. The SMILES string of the molecule is COC1CCCN(CCO)CC1. The van der Waals surface area contributed by atoms with Gasteiger partial charge in [-0.15, -0.1) is 0 Å². The van der Waals surface area contributed by atoms with Crippen LogP contribution >= 0.6 is 0 Å². The molecule has 0 aromatic carbocycles. The molecule has 1 N–H and O–H groups in total. The van der Waals surface area contributed by atoms with Crippen LogP contribution in [0, 0.1) is 0 Å². The maximum Gasteiger partial charge on any atom is 0.0584 e. The van der Waals surface area contributed by atoms with Gasteiger partial charge in [0, 0.05) is 20.2 Å². The largest absolute Gasteiger partial charge is 0.395 e. The van der Waals surface area contributed by atoms with E-state index in [2.05, 4.69) is 4.90 Å². The van der Waals surface area contributed by atoms with Gasteiger partial charge < -0.3 is 14.7 Å². The van der Waals surface area contributed by atoms with Crippen molar-refractivity contribution in [2.24, 2.45) is 0 Å². The maximum atomic E-state index is 8.76. The normalized spacial score (nSPS) is 27.0. The monoisotopic (exact) mass is 173 g/mol. The molecular weight excluding hydrogens is 154 g/mol. The van der Waals surface area contributed by atoms with Crippen LogP contribution in [0.25, 0.3) is 0 Å². The van der Waals surface area contributed by atoms with E-state index in [9.17, 15) is 0 Å². The van der Waals surface area contributed by atoms with Gasteiger partial charge in [-0.2, -0.15) is 0 Å². The van der Waals surface area contributed by atoms with E-state index in [0.717, 1.165) is 26.1 Å². The molecule has 1 aliphatic heterocycles. The Morgan fingerprint density at radius 1 is 1.42 bits per heavy atom. The highest BCUT2D eigenvalue weighted by Gasteiger charge is 2.15. The van der Waals surface area contributed by atoms with Crippen molar-refractivity contribution in [3.63, 3.8) is 0 Å². The zero-order chi connectivity index (χ0) is 8.81. The van der Waals surface area contributed by atoms with Crippen LogP contribution in [0.15, 0.2) is 0 Å². The zero-order valence-electron chi connectivity index (χ0n) is 7.83. The second-order valence-electron chi connectivity index (χ2n) is 3.35. The van der Waals surface area contributed by atoms with E-state index in [1.54, 1.807) is 7.11 Å². The van der Waals surface area contributed by atoms with Crippen molar-refractivity contribution in [1.82, 2.24) is 4.90 Å². The lowest BCUT2D eigenvalue weighted by atomic mass is 10.2. The number of aliphatic hydroxyl groups excluding tert-OH is 1. The van der Waals surface area contributed by atoms with Gasteiger partial charge in [0.2, 0.25) is 0 Å². The summed E-state index contributed by atoms with van der Waals surface area (Å²) >= 11 is 0. The number of hydrogen-bond acceptors (Lipinski definition) is 3. The Kier molecular flexibility index (Phi) is 4.58. The van der Waals surface area contributed by atoms with E-state index >= 15 is 0 Å². The third kappa shape index (κ3) is 3.09. The summed E-state index contributed by atoms with van der Waals surface area (Å²) in [6.45, 7) is 3.27. The van der Waals surface area contributed by atoms with Gasteiger partial charge in [0.25, 0.3) is 0 Å². The van der Waals surface area contributed by atoms with Crippen molar-refractivity contribution in [2.75, 3.05) is 33.4 Å². The van der Waals surface area contributed by atoms with Crippen molar-refractivity contribution in [3.05, 3.63) is 0 Å². The van der Waals surface area contributed by atoms with E-state index in [0.29, 0.717) is 6.10 Å². The molecule has 1 aliphatic rings. The summed E-state index contributed by atoms with van der Waals surface area (Å²) in [5.74, 6) is 0. The summed E-state index contributed by atoms with van der Waals surface area (Å²) in [4.78, 5) is 2.30. The summed E-state index contributed by atoms with van der Waals surface area (Å²) in [5, 5.41) is 8.76. The zero-order valence-corrected chi connectivity index (χ0v) is 7.83. The molecule has 1 atom stereocenters. The molecular formula is C9H19NO2. The molecule has 1 unspecified atom stereocenters. The van der Waals surface area contributed by atoms with Crippen molar-refractivity contribution in [2.45, 2.75) is 25.4 Å². The lowest BCUT2D eigenvalue weighted by molar-refractivity contribution is 0.0888. The average molecular weight is 173 g/mol. The van der Waals surface area contributed by atoms with E-state index < -0.39 is 0 Å². The summed E-state index contributed by atoms with van der Waals surface area (Å²) in [7, 11) is 1.78. The smallest absolute Gasteiger partial charge is 0.0584 e. The number of aliphatic hydroxyl groups is 1. The Labute approximate surface area is 74.3 Å². The van der Waals surface area contributed by atoms with Crippen LogP contribution in [-0.2, 0) is 4.74 Å². The molecule has 0 bridgehead atoms. The molecule has 12 heavy (non-hydrogen) atoms. The minimum Gasteiger partial charge on any atom is -0.395 e. The number of nitrogens with zero attached hydrogens (tertiary/aromatic N) is 1. The third-order valence-electron chi connectivity index (χ3n) is 2.52. The van der Waals surface area contributed by atoms with Gasteiger partial charge in [-0.05, 0) is 25.8 Å². The number of ether oxygens (including phenoxy) is 1. The van der Waals surface area contributed by atoms with Gasteiger partial charge in [0.05, 0.1) is 12.7 Å². The van der Waals surface area contributed by atoms with E-state index in [1.807, 2.05) is 0 Å². The Morgan fingerprint density at radius 2 is 2.25 bits per heavy atom. The summed E-state index contributed by atoms with van der Waals surface area (Å²) in [6.07, 6.45) is 3.90. The molecule has 0 spiro atoms. The van der Waals surface area contributed by atoms with Gasteiger partial charge in [0.15, 0.2) is 0 Å². The molecule has 0 saturated carbocycles. The standard InChI is InChI=1S/C9H19NO2/c1-12-9-3-2-5-10(6-4-9)7-8-11/h9,11H,2-8H2,1H3. The number of hydrogen-bond donors (Lipinski definition) is 1. The Balaban J connectivity index is 2.24. The predicted molar refractivity (Wildman–Crippen MR) is 48.2 cm³/mol. The maximum absolute atomic E-state index is 8.76. The lowest BCUT2D eigenvalue weighted by Crippen LogP contribution is -2.28. The number of β-amino-alcohol motifs (C(OH)–C–C–N with tert-alkyl or cyclic N) is 1. The molecule has 3 nitrogen and oxygen atoms in total. The topological polar surface area (TPSA) is 32.7 Å². The Bertz CT molecular complexity index is 119.